The van der Waals surface area contributed by atoms with Crippen LogP contribution in [0.5, 0.6) is 5.75 Å². The van der Waals surface area contributed by atoms with E-state index >= 15 is 0 Å². The number of carbonyl (C=O) groups excluding carboxylic acids is 1. The van der Waals surface area contributed by atoms with Gasteiger partial charge in [0.05, 0.1) is 7.11 Å². The van der Waals surface area contributed by atoms with Gasteiger partial charge in [0.2, 0.25) is 5.91 Å². The molecule has 1 atom stereocenters. The van der Waals surface area contributed by atoms with Gasteiger partial charge >= 0.3 is 5.69 Å². The van der Waals surface area contributed by atoms with E-state index < -0.39 is 5.69 Å². The molecule has 0 spiro atoms. The van der Waals surface area contributed by atoms with Crippen LogP contribution < -0.4 is 20.6 Å². The first-order valence-electron chi connectivity index (χ1n) is 9.68. The Labute approximate surface area is 167 Å². The summed E-state index contributed by atoms with van der Waals surface area (Å²) >= 11 is 0. The van der Waals surface area contributed by atoms with Gasteiger partial charge in [0.1, 0.15) is 18.1 Å². The van der Waals surface area contributed by atoms with Crippen LogP contribution in [0.15, 0.2) is 41.3 Å². The minimum absolute atomic E-state index is 0.199. The molecule has 4 rings (SSSR count). The Balaban J connectivity index is 1.52. The lowest BCUT2D eigenvalue weighted by Gasteiger charge is -2.31. The number of nitrogens with zero attached hydrogens (tertiary/aromatic N) is 5. The third-order valence-electron chi connectivity index (χ3n) is 5.07. The lowest BCUT2D eigenvalue weighted by molar-refractivity contribution is -0.117. The summed E-state index contributed by atoms with van der Waals surface area (Å²) in [6, 6.07) is 8.85. The van der Waals surface area contributed by atoms with Crippen LogP contribution in [0, 0.1) is 5.92 Å². The summed E-state index contributed by atoms with van der Waals surface area (Å²) in [6.07, 6.45) is 4.01. The lowest BCUT2D eigenvalue weighted by Crippen LogP contribution is -2.34. The number of piperidine rings is 1. The standard InChI is InChI=1S/C20H24N6O3/c1-14-5-4-9-24(12-14)17-8-10-25-19(22-17)23-26(20(25)28)13-18(27)21-15-6-3-7-16(11-15)29-2/h3,6-8,10-11,14H,4-5,9,12-13H2,1-2H3,(H,21,27)/t14-/m1/s1. The number of methoxy groups -OCH3 is 1. The molecule has 3 heterocycles. The number of amides is 1. The molecule has 2 aromatic heterocycles. The molecule has 1 saturated heterocycles. The minimum Gasteiger partial charge on any atom is -0.497 e. The molecular weight excluding hydrogens is 372 g/mol. The molecule has 1 aliphatic rings. The van der Waals surface area contributed by atoms with Gasteiger partial charge in [0, 0.05) is 31.0 Å². The van der Waals surface area contributed by atoms with Crippen LogP contribution in [0.2, 0.25) is 0 Å². The number of nitrogens with one attached hydrogen (secondary N) is 1. The fourth-order valence-corrected chi connectivity index (χ4v) is 3.61. The van der Waals surface area contributed by atoms with Gasteiger partial charge in [-0.1, -0.05) is 13.0 Å². The van der Waals surface area contributed by atoms with E-state index in [0.717, 1.165) is 30.0 Å². The van der Waals surface area contributed by atoms with Gasteiger partial charge in [0.25, 0.3) is 5.78 Å². The van der Waals surface area contributed by atoms with Crippen LogP contribution in [0.25, 0.3) is 5.78 Å². The second-order valence-electron chi connectivity index (χ2n) is 7.37. The number of rotatable bonds is 5. The molecule has 9 heteroatoms. The van der Waals surface area contributed by atoms with Gasteiger partial charge in [-0.05, 0) is 37.0 Å². The summed E-state index contributed by atoms with van der Waals surface area (Å²) in [6.45, 7) is 3.92. The monoisotopic (exact) mass is 396 g/mol. The van der Waals surface area contributed by atoms with Crippen LogP contribution in [0.4, 0.5) is 11.5 Å². The Kier molecular flexibility index (Phi) is 5.20. The molecule has 0 unspecified atom stereocenters. The zero-order valence-corrected chi connectivity index (χ0v) is 16.5. The van der Waals surface area contributed by atoms with E-state index in [9.17, 15) is 9.59 Å². The molecule has 0 radical (unpaired) electrons. The van der Waals surface area contributed by atoms with Gasteiger partial charge in [-0.2, -0.15) is 4.98 Å². The van der Waals surface area contributed by atoms with Crippen molar-refractivity contribution in [3.8, 4) is 5.75 Å². The van der Waals surface area contributed by atoms with Crippen LogP contribution in [0.3, 0.4) is 0 Å². The molecule has 1 fully saturated rings. The largest absolute Gasteiger partial charge is 0.497 e. The number of ether oxygens (including phenoxy) is 1. The maximum absolute atomic E-state index is 12.6. The second kappa shape index (κ2) is 7.94. The van der Waals surface area contributed by atoms with Gasteiger partial charge in [-0.15, -0.1) is 5.10 Å². The molecule has 152 valence electrons. The van der Waals surface area contributed by atoms with Crippen LogP contribution in [0.1, 0.15) is 19.8 Å². The average Bonchev–Trinajstić information content (AvgIpc) is 3.02. The highest BCUT2D eigenvalue weighted by atomic mass is 16.5. The molecular formula is C20H24N6O3. The highest BCUT2D eigenvalue weighted by Gasteiger charge is 2.19. The Morgan fingerprint density at radius 1 is 1.34 bits per heavy atom. The number of fused-ring (bicyclic) bond motifs is 1. The molecule has 0 aliphatic carbocycles. The summed E-state index contributed by atoms with van der Waals surface area (Å²) in [7, 11) is 1.56. The second-order valence-corrected chi connectivity index (χ2v) is 7.37. The molecule has 1 aliphatic heterocycles. The first-order valence-corrected chi connectivity index (χ1v) is 9.68. The zero-order valence-electron chi connectivity index (χ0n) is 16.5. The predicted molar refractivity (Wildman–Crippen MR) is 109 cm³/mol. The fraction of sp³-hybridized carbons (Fsp3) is 0.400. The maximum atomic E-state index is 12.6. The van der Waals surface area contributed by atoms with Crippen molar-refractivity contribution in [3.05, 3.63) is 47.0 Å². The fourth-order valence-electron chi connectivity index (χ4n) is 3.61. The van der Waals surface area contributed by atoms with E-state index in [1.165, 1.54) is 10.8 Å². The molecule has 0 saturated carbocycles. The number of aromatic nitrogens is 4. The molecule has 1 aromatic carbocycles. The molecule has 1 amide bonds. The first kappa shape index (κ1) is 19.0. The number of anilines is 2. The number of benzene rings is 1. The minimum atomic E-state index is -0.396. The molecule has 9 nitrogen and oxygen atoms in total. The number of hydrogen-bond donors (Lipinski definition) is 1. The van der Waals surface area contributed by atoms with Crippen molar-refractivity contribution in [1.82, 2.24) is 19.2 Å². The van der Waals surface area contributed by atoms with Crippen molar-refractivity contribution >= 4 is 23.2 Å². The Bertz CT molecular complexity index is 1090. The van der Waals surface area contributed by atoms with Crippen molar-refractivity contribution in [2.24, 2.45) is 5.92 Å². The van der Waals surface area contributed by atoms with Crippen molar-refractivity contribution in [1.29, 1.82) is 0 Å². The van der Waals surface area contributed by atoms with E-state index in [4.69, 9.17) is 4.74 Å². The van der Waals surface area contributed by atoms with E-state index in [1.54, 1.807) is 37.6 Å². The van der Waals surface area contributed by atoms with Crippen molar-refractivity contribution in [2.75, 3.05) is 30.4 Å². The predicted octanol–water partition coefficient (Wildman–Crippen LogP) is 1.77. The van der Waals surface area contributed by atoms with E-state index in [0.29, 0.717) is 23.1 Å². The highest BCUT2D eigenvalue weighted by molar-refractivity contribution is 5.90. The topological polar surface area (TPSA) is 93.8 Å². The van der Waals surface area contributed by atoms with Gasteiger partial charge in [-0.3, -0.25) is 4.79 Å². The number of hydrogen-bond acceptors (Lipinski definition) is 6. The van der Waals surface area contributed by atoms with Crippen molar-refractivity contribution in [3.63, 3.8) is 0 Å². The first-order chi connectivity index (χ1) is 14.0. The lowest BCUT2D eigenvalue weighted by atomic mass is 10.0. The Hall–Kier alpha value is -3.36. The summed E-state index contributed by atoms with van der Waals surface area (Å²) in [5, 5.41) is 6.99. The zero-order chi connectivity index (χ0) is 20.4. The van der Waals surface area contributed by atoms with Crippen LogP contribution in [-0.4, -0.2) is 45.3 Å². The maximum Gasteiger partial charge on any atom is 0.352 e. The van der Waals surface area contributed by atoms with E-state index in [1.807, 2.05) is 6.07 Å². The summed E-state index contributed by atoms with van der Waals surface area (Å²) in [5.41, 5.74) is 0.192. The van der Waals surface area contributed by atoms with Crippen molar-refractivity contribution < 1.29 is 9.53 Å². The van der Waals surface area contributed by atoms with Gasteiger partial charge in [0.15, 0.2) is 0 Å². The molecule has 29 heavy (non-hydrogen) atoms. The quantitative estimate of drug-likeness (QED) is 0.707. The smallest absolute Gasteiger partial charge is 0.352 e. The summed E-state index contributed by atoms with van der Waals surface area (Å²) < 4.78 is 7.63. The number of carbonyl (C=O) groups is 1. The van der Waals surface area contributed by atoms with Crippen LogP contribution >= 0.6 is 0 Å². The third-order valence-corrected chi connectivity index (χ3v) is 5.07. The molecule has 3 aromatic rings. The average molecular weight is 396 g/mol. The highest BCUT2D eigenvalue weighted by Crippen LogP contribution is 2.21. The van der Waals surface area contributed by atoms with E-state index in [-0.39, 0.29) is 12.5 Å². The third kappa shape index (κ3) is 4.08. The molecule has 1 N–H and O–H groups in total. The Morgan fingerprint density at radius 3 is 3.00 bits per heavy atom. The molecule has 0 bridgehead atoms. The van der Waals surface area contributed by atoms with Crippen molar-refractivity contribution in [2.45, 2.75) is 26.3 Å². The van der Waals surface area contributed by atoms with Gasteiger partial charge in [-0.25, -0.2) is 13.9 Å². The summed E-state index contributed by atoms with van der Waals surface area (Å²) in [4.78, 5) is 31.7. The normalized spacial score (nSPS) is 16.8. The summed E-state index contributed by atoms with van der Waals surface area (Å²) in [5.74, 6) is 1.99. The van der Waals surface area contributed by atoms with Crippen LogP contribution in [-0.2, 0) is 11.3 Å². The van der Waals surface area contributed by atoms with E-state index in [2.05, 4.69) is 27.2 Å². The van der Waals surface area contributed by atoms with Gasteiger partial charge < -0.3 is 15.0 Å². The SMILES string of the molecule is COc1cccc(NC(=O)Cn2nc3nc(N4CCC[C@@H](C)C4)ccn3c2=O)c1. The Morgan fingerprint density at radius 2 is 2.21 bits per heavy atom.